The van der Waals surface area contributed by atoms with Crippen molar-refractivity contribution in [1.82, 2.24) is 4.90 Å². The third-order valence-electron chi connectivity index (χ3n) is 21.6. The van der Waals surface area contributed by atoms with E-state index in [1.807, 2.05) is 58.9 Å². The molecule has 0 radical (unpaired) electrons. The smallest absolute Gasteiger partial charge is 0.768 e. The van der Waals surface area contributed by atoms with E-state index >= 15 is 8.78 Å². The number of alkyl halides is 2. The number of hydrogen-bond acceptors (Lipinski definition) is 11. The van der Waals surface area contributed by atoms with E-state index in [1.54, 1.807) is 72.8 Å². The van der Waals surface area contributed by atoms with Crippen molar-refractivity contribution in [3.05, 3.63) is 383 Å². The monoisotopic (exact) mass is 2220 g/mol. The minimum Gasteiger partial charge on any atom is -0.768 e. The van der Waals surface area contributed by atoms with Gasteiger partial charge in [0.05, 0.1) is 24.7 Å². The van der Waals surface area contributed by atoms with Crippen LogP contribution in [0.2, 0.25) is 61.4 Å². The van der Waals surface area contributed by atoms with Gasteiger partial charge in [-0.05, 0) is 274 Å². The molecule has 0 saturated heterocycles. The van der Waals surface area contributed by atoms with Gasteiger partial charge in [0.2, 0.25) is 8.32 Å². The summed E-state index contributed by atoms with van der Waals surface area (Å²) >= 11 is 29.5. The Labute approximate surface area is 877 Å². The van der Waals surface area contributed by atoms with E-state index in [0.717, 1.165) is 83.5 Å². The van der Waals surface area contributed by atoms with E-state index in [4.69, 9.17) is 68.2 Å². The Morgan fingerprint density at radius 3 is 1.37 bits per heavy atom. The molecule has 1 fully saturated rings. The van der Waals surface area contributed by atoms with Gasteiger partial charge in [0.1, 0.15) is 39.6 Å². The minimum atomic E-state index is -4.55. The number of nitrogens with zero attached hydrogens (tertiary/aromatic N) is 1. The number of ketones is 1. The van der Waals surface area contributed by atoms with Crippen LogP contribution >= 0.6 is 73.9 Å². The van der Waals surface area contributed by atoms with Crippen LogP contribution in [0.3, 0.4) is 0 Å². The second-order valence-electron chi connectivity index (χ2n) is 34.1. The average Bonchev–Trinajstić information content (AvgIpc) is 0.707. The molecular formula is C103H112BrCl5F16NNaO10S2Si2. The van der Waals surface area contributed by atoms with Crippen LogP contribution in [-0.2, 0) is 84.7 Å². The molecule has 0 amide bonds. The fourth-order valence-corrected chi connectivity index (χ4v) is 18.5. The van der Waals surface area contributed by atoms with E-state index in [-0.39, 0.29) is 120 Å². The number of esters is 2. The first-order valence-electron chi connectivity index (χ1n) is 43.2. The SMILES string of the molecule is C=C.C=C(/C=C/CC)O[Si](C)(C)C(C)(C)C.C=C(Cc1ccc(Cl)cc1)c1c(F)ccc(F)c1F.CC(=O)OC(C)=O.CC(C)(C)[Si](C)(C)OC[C@@H]1CC(=O)CC[C@@]1(c1c(F)ccc(F)c1F)S(=O)(=O)c1ccc(Cl)cc1.CN(C)CC(Cc1ccc(Cl)cc1)c1c(F)ccc(F)c1F.Fc1ccc(F)c(CBr)c1F.Fc1ccc(F)c(CCc2ccc(Cl)cc2)c1F.O=S([O-])c1ccc(Cl)cc1.[2H]CF.[Na+]. The summed E-state index contributed by atoms with van der Waals surface area (Å²) in [6.07, 6.45) is 5.33. The molecule has 1 aliphatic carbocycles. The van der Waals surface area contributed by atoms with Crippen LogP contribution in [0.25, 0.3) is 5.57 Å². The Hall–Kier alpha value is -8.01. The third kappa shape index (κ3) is 41.4. The Bertz CT molecular complexity index is 5940. The van der Waals surface area contributed by atoms with E-state index < -0.39 is 178 Å². The molecule has 4 atom stereocenters. The third-order valence-corrected chi connectivity index (χ3v) is 35.6. The molecule has 0 spiro atoms. The summed E-state index contributed by atoms with van der Waals surface area (Å²) in [7, 11) is -6.05. The number of carbonyl (C=O) groups is 3. The number of carbonyl (C=O) groups excluding carboxylic acids is 3. The van der Waals surface area contributed by atoms with Crippen molar-refractivity contribution >= 4 is 135 Å². The average molecular weight is 2230 g/mol. The maximum Gasteiger partial charge on any atom is 1.00 e. The first-order valence-corrected chi connectivity index (χ1v) is 53.9. The molecule has 0 bridgehead atoms. The van der Waals surface area contributed by atoms with Crippen molar-refractivity contribution in [2.24, 2.45) is 5.92 Å². The van der Waals surface area contributed by atoms with Crippen LogP contribution in [0.5, 0.6) is 0 Å². The Morgan fingerprint density at radius 1 is 0.567 bits per heavy atom. The van der Waals surface area contributed by atoms with E-state index in [0.29, 0.717) is 45.5 Å². The first kappa shape index (κ1) is 129. The summed E-state index contributed by atoms with van der Waals surface area (Å²) in [5.74, 6) is -18.0. The van der Waals surface area contributed by atoms with Crippen molar-refractivity contribution in [1.29, 1.82) is 0 Å². The molecule has 38 heteroatoms. The molecule has 11 rings (SSSR count). The van der Waals surface area contributed by atoms with E-state index in [9.17, 15) is 93.0 Å². The Kier molecular flexibility index (Phi) is 56.8. The van der Waals surface area contributed by atoms with Crippen molar-refractivity contribution < 1.29 is 146 Å². The van der Waals surface area contributed by atoms with Gasteiger partial charge in [0.25, 0.3) is 0 Å². The maximum atomic E-state index is 15.3. The molecule has 0 N–H and O–H groups in total. The van der Waals surface area contributed by atoms with Crippen LogP contribution in [0, 0.1) is 93.2 Å². The van der Waals surface area contributed by atoms with Crippen molar-refractivity contribution in [3.8, 4) is 0 Å². The molecule has 764 valence electrons. The number of rotatable bonds is 23. The van der Waals surface area contributed by atoms with Crippen molar-refractivity contribution in [2.75, 3.05) is 34.4 Å². The van der Waals surface area contributed by atoms with E-state index in [1.165, 1.54) is 62.4 Å². The fourth-order valence-electron chi connectivity index (χ4n) is 12.6. The summed E-state index contributed by atoms with van der Waals surface area (Å²) in [6.45, 7) is 39.3. The van der Waals surface area contributed by atoms with Gasteiger partial charge in [-0.2, -0.15) is 0 Å². The summed E-state index contributed by atoms with van der Waals surface area (Å²) in [5, 5.41) is 2.55. The summed E-state index contributed by atoms with van der Waals surface area (Å²) in [6, 6.07) is 40.1. The van der Waals surface area contributed by atoms with Gasteiger partial charge in [0, 0.05) is 109 Å². The Morgan fingerprint density at radius 2 is 0.950 bits per heavy atom. The molecular weight excluding hydrogens is 2120 g/mol. The number of ether oxygens (including phenoxy) is 1. The van der Waals surface area contributed by atoms with Gasteiger partial charge in [-0.15, -0.1) is 13.2 Å². The maximum absolute atomic E-state index is 15.3. The topological polar surface area (TPSA) is 156 Å². The molecule has 10 aromatic carbocycles. The number of halogens is 22. The predicted molar refractivity (Wildman–Crippen MR) is 536 cm³/mol. The number of hydrogen-bond donors (Lipinski definition) is 0. The number of aryl methyl sites for hydroxylation is 1. The fraction of sp³-hybridized carbons (Fsp3) is 0.311. The number of Topliss-reactive ketones (excluding diaryl/α,β-unsaturated/α-hetero) is 1. The molecule has 141 heavy (non-hydrogen) atoms. The normalized spacial score (nSPS) is 13.8. The molecule has 11 nitrogen and oxygen atoms in total. The van der Waals surface area contributed by atoms with Crippen LogP contribution in [0.1, 0.15) is 140 Å². The number of sulfone groups is 1. The zero-order chi connectivity index (χ0) is 108. The molecule has 0 heterocycles. The molecule has 0 aromatic heterocycles. The van der Waals surface area contributed by atoms with Gasteiger partial charge in [-0.3, -0.25) is 23.0 Å². The summed E-state index contributed by atoms with van der Waals surface area (Å²) in [5.41, 5.74) is 0.758. The summed E-state index contributed by atoms with van der Waals surface area (Å²) in [4.78, 5) is 34.0. The molecule has 0 aliphatic heterocycles. The largest absolute Gasteiger partial charge is 1.00 e. The number of benzene rings is 10. The summed E-state index contributed by atoms with van der Waals surface area (Å²) < 4.78 is 283. The molecule has 2 unspecified atom stereocenters. The predicted octanol–water partition coefficient (Wildman–Crippen LogP) is 28.6. The van der Waals surface area contributed by atoms with Gasteiger partial charge < -0.3 is 23.0 Å². The van der Waals surface area contributed by atoms with Gasteiger partial charge in [-0.25, -0.2) is 74.3 Å². The van der Waals surface area contributed by atoms with Gasteiger partial charge >= 0.3 is 41.5 Å². The zero-order valence-electron chi connectivity index (χ0n) is 81.6. The van der Waals surface area contributed by atoms with Gasteiger partial charge in [0.15, 0.2) is 76.3 Å². The van der Waals surface area contributed by atoms with Crippen LogP contribution < -0.4 is 29.6 Å². The van der Waals surface area contributed by atoms with Crippen molar-refractivity contribution in [3.63, 3.8) is 0 Å². The number of likely N-dealkylation sites (N-methyl/N-ethyl adjacent to an activating group) is 1. The number of allylic oxidation sites excluding steroid dienone is 3. The van der Waals surface area contributed by atoms with Gasteiger partial charge in [-0.1, -0.05) is 178 Å². The second-order valence-corrected chi connectivity index (χ2v) is 49.5. The molecule has 10 aromatic rings. The second kappa shape index (κ2) is 62.1. The Balaban J connectivity index is 0.000000838. The van der Waals surface area contributed by atoms with Crippen LogP contribution in [0.4, 0.5) is 70.2 Å². The molecule has 1 saturated carbocycles. The first-order chi connectivity index (χ1) is 65.6. The van der Waals surface area contributed by atoms with Crippen LogP contribution in [0.15, 0.2) is 236 Å². The van der Waals surface area contributed by atoms with Crippen molar-refractivity contribution in [2.45, 2.75) is 176 Å². The standard InChI is InChI=1S/C25H30ClF3O4SSi.C17H17ClF3N.C15H10ClF3.C14H10ClF3.C12H24OSi.C7H4BrF3.C6H5ClO2S.C4H6O3.C2H4.CH3F.Na/c1-24(2,3)35(4,5)33-15-16-14-18(30)12-13-25(16,22-20(27)10-11-21(28)23(22)29)34(31,32)19-8-6-17(26)7-9-19;1-22(2)10-12(9-11-3-5-13(18)6-4-11)16-14(19)7-8-15(20)17(16)21;1-9(8-10-2-4-11(16)5-3-10)14-12(17)6-7-13(18)15(14)19;15-10-4-1-9(2-5-10)3-6-11-12(16)7-8-13(17)14(11)18;1-8-9-10-11(2)13-14(6,7)12(3,4)5;8-3-4-5(9)1-2-6(10)7(4)11;7-5-1-3-6(4-2-5)10(8)9;1-3(5)7-4(2)6;2*1-2;/h6-11,16H,12-15H2,1-5H3;3-8,12H,9-10H2,1-2H3;2-7H,1,8H2;1-2,4-5,7-8H,3,6H2;9-10H,2,8H2,1,3-7H3;1-2H,3H2;1-4H,(H,8,9);1-2H3;1-2H2;1H3;/q;;;;;;;;;;+1/p-1/b;;;;10-9+;;;;;;/t16-,25+;;;;;;;;;;/m0........../s1/i;;;;;;;;;1D;. The molecule has 1 aliphatic rings. The quantitative estimate of drug-likeness (QED) is 0.00574. The van der Waals surface area contributed by atoms with Crippen LogP contribution in [-0.4, -0.2) is 90.8 Å². The zero-order valence-corrected chi connectivity index (χ0v) is 91.6. The minimum absolute atomic E-state index is 0. The van der Waals surface area contributed by atoms with E-state index in [2.05, 4.69) is 93.8 Å².